The molecule has 0 amide bonds. The summed E-state index contributed by atoms with van der Waals surface area (Å²) < 4.78 is 30.1. The summed E-state index contributed by atoms with van der Waals surface area (Å²) in [7, 11) is 0. The van der Waals surface area contributed by atoms with Gasteiger partial charge in [-0.05, 0) is 55.5 Å². The lowest BCUT2D eigenvalue weighted by Crippen LogP contribution is -2.41. The van der Waals surface area contributed by atoms with Crippen LogP contribution in [0.15, 0.2) is 36.5 Å². The fourth-order valence-corrected chi connectivity index (χ4v) is 5.41. The number of nitriles is 1. The zero-order valence-electron chi connectivity index (χ0n) is 19.1. The van der Waals surface area contributed by atoms with Gasteiger partial charge < -0.3 is 9.67 Å². The molecule has 0 unspecified atom stereocenters. The highest BCUT2D eigenvalue weighted by atomic mass is 19.2. The molecule has 6 nitrogen and oxygen atoms in total. The molecule has 2 heterocycles. The third-order valence-electron chi connectivity index (χ3n) is 7.21. The number of hydrogen-bond donors (Lipinski definition) is 2. The number of halogens is 2. The van der Waals surface area contributed by atoms with E-state index in [1.54, 1.807) is 13.1 Å². The van der Waals surface area contributed by atoms with E-state index in [0.29, 0.717) is 18.5 Å². The molecule has 1 aliphatic carbocycles. The molecule has 0 bridgehead atoms. The molecule has 0 atom stereocenters. The summed E-state index contributed by atoms with van der Waals surface area (Å²) in [5, 5.41) is 28.1. The van der Waals surface area contributed by atoms with Crippen molar-refractivity contribution in [2.24, 2.45) is 5.41 Å². The summed E-state index contributed by atoms with van der Waals surface area (Å²) in [4.78, 5) is 11.8. The van der Waals surface area contributed by atoms with Crippen LogP contribution in [0.4, 0.5) is 8.78 Å². The monoisotopic (exact) mass is 462 g/mol. The SMILES string of the molecule is CC1(C(=O)O)CC(c2c(C(C)(C)CC#N)n(-c3ccc(F)c(F)c3)c3cc4cn[nH]c4cc23)C1. The maximum absolute atomic E-state index is 14.4. The number of carbonyl (C=O) groups is 1. The molecule has 0 saturated heterocycles. The van der Waals surface area contributed by atoms with Gasteiger partial charge in [-0.2, -0.15) is 10.4 Å². The number of H-pyrrole nitrogens is 1. The van der Waals surface area contributed by atoms with Gasteiger partial charge in [0.2, 0.25) is 0 Å². The Morgan fingerprint density at radius 3 is 2.68 bits per heavy atom. The number of fused-ring (bicyclic) bond motifs is 2. The van der Waals surface area contributed by atoms with Crippen molar-refractivity contribution < 1.29 is 18.7 Å². The Labute approximate surface area is 194 Å². The summed E-state index contributed by atoms with van der Waals surface area (Å²) in [6.45, 7) is 5.65. The number of aromatic nitrogens is 3. The van der Waals surface area contributed by atoms with Gasteiger partial charge in [-0.15, -0.1) is 0 Å². The van der Waals surface area contributed by atoms with E-state index in [2.05, 4.69) is 16.3 Å². The molecule has 1 aliphatic rings. The summed E-state index contributed by atoms with van der Waals surface area (Å²) in [5.74, 6) is -2.78. The van der Waals surface area contributed by atoms with Crippen molar-refractivity contribution in [1.82, 2.24) is 14.8 Å². The number of nitrogens with one attached hydrogen (secondary N) is 1. The van der Waals surface area contributed by atoms with E-state index in [1.807, 2.05) is 30.5 Å². The second kappa shape index (κ2) is 7.39. The van der Waals surface area contributed by atoms with Gasteiger partial charge in [-0.3, -0.25) is 9.89 Å². The van der Waals surface area contributed by atoms with Crippen molar-refractivity contribution in [1.29, 1.82) is 5.26 Å². The molecule has 2 aromatic heterocycles. The van der Waals surface area contributed by atoms with Crippen LogP contribution in [0.3, 0.4) is 0 Å². The smallest absolute Gasteiger partial charge is 0.309 e. The minimum absolute atomic E-state index is 0.0523. The maximum Gasteiger partial charge on any atom is 0.309 e. The first-order valence-corrected chi connectivity index (χ1v) is 11.1. The van der Waals surface area contributed by atoms with Gasteiger partial charge in [0.1, 0.15) is 0 Å². The molecule has 4 aromatic rings. The van der Waals surface area contributed by atoms with Crippen molar-refractivity contribution in [2.75, 3.05) is 0 Å². The van der Waals surface area contributed by atoms with E-state index in [-0.39, 0.29) is 12.3 Å². The number of benzene rings is 2. The lowest BCUT2D eigenvalue weighted by Gasteiger charge is -2.43. The van der Waals surface area contributed by atoms with Gasteiger partial charge in [0.15, 0.2) is 11.6 Å². The third-order valence-corrected chi connectivity index (χ3v) is 7.21. The van der Waals surface area contributed by atoms with E-state index in [4.69, 9.17) is 0 Å². The van der Waals surface area contributed by atoms with E-state index in [9.17, 15) is 23.9 Å². The number of aliphatic carboxylic acids is 1. The average molecular weight is 463 g/mol. The van der Waals surface area contributed by atoms with Gasteiger partial charge in [-0.25, -0.2) is 8.78 Å². The molecule has 8 heteroatoms. The fourth-order valence-electron chi connectivity index (χ4n) is 5.41. The predicted octanol–water partition coefficient (Wildman–Crippen LogP) is 5.94. The highest BCUT2D eigenvalue weighted by molar-refractivity contribution is 5.99. The Balaban J connectivity index is 1.87. The summed E-state index contributed by atoms with van der Waals surface area (Å²) in [6.07, 6.45) is 2.80. The van der Waals surface area contributed by atoms with Crippen LogP contribution in [-0.2, 0) is 10.2 Å². The van der Waals surface area contributed by atoms with Crippen molar-refractivity contribution in [3.63, 3.8) is 0 Å². The van der Waals surface area contributed by atoms with Gasteiger partial charge in [0.25, 0.3) is 0 Å². The molecule has 34 heavy (non-hydrogen) atoms. The van der Waals surface area contributed by atoms with Crippen LogP contribution in [0.2, 0.25) is 0 Å². The van der Waals surface area contributed by atoms with Crippen molar-refractivity contribution in [2.45, 2.75) is 51.4 Å². The molecule has 0 radical (unpaired) electrons. The van der Waals surface area contributed by atoms with Crippen molar-refractivity contribution in [3.05, 3.63) is 59.4 Å². The molecule has 0 aliphatic heterocycles. The number of carboxylic acids is 1. The molecule has 2 aromatic carbocycles. The van der Waals surface area contributed by atoms with Crippen LogP contribution in [-0.4, -0.2) is 25.8 Å². The number of aromatic amines is 1. The number of rotatable bonds is 5. The van der Waals surface area contributed by atoms with E-state index in [0.717, 1.165) is 45.2 Å². The molecule has 2 N–H and O–H groups in total. The highest BCUT2D eigenvalue weighted by Crippen LogP contribution is 2.56. The first kappa shape index (κ1) is 22.1. The Morgan fingerprint density at radius 2 is 2.03 bits per heavy atom. The normalized spacial score (nSPS) is 20.4. The topological polar surface area (TPSA) is 94.7 Å². The summed E-state index contributed by atoms with van der Waals surface area (Å²) in [5.41, 5.74) is 2.34. The number of carboxylic acid groups (broad SMARTS) is 1. The quantitative estimate of drug-likeness (QED) is 0.383. The highest BCUT2D eigenvalue weighted by Gasteiger charge is 2.49. The summed E-state index contributed by atoms with van der Waals surface area (Å²) in [6, 6.07) is 9.96. The minimum Gasteiger partial charge on any atom is -0.481 e. The van der Waals surface area contributed by atoms with Crippen LogP contribution in [0.1, 0.15) is 57.2 Å². The Morgan fingerprint density at radius 1 is 1.29 bits per heavy atom. The molecule has 1 fully saturated rings. The molecule has 0 spiro atoms. The van der Waals surface area contributed by atoms with E-state index in [1.165, 1.54) is 6.07 Å². The predicted molar refractivity (Wildman–Crippen MR) is 124 cm³/mol. The standard InChI is InChI=1S/C26H24F2N4O2/c1-25(2,6-7-29)23-22(15-11-26(3,12-15)24(33)34)17-10-20-14(13-30-31-20)8-21(17)32(23)16-4-5-18(27)19(28)9-16/h4-5,8-10,13,15H,6,11-12H2,1-3H3,(H,30,31)(H,33,34). The van der Waals surface area contributed by atoms with Gasteiger partial charge in [-0.1, -0.05) is 13.8 Å². The van der Waals surface area contributed by atoms with E-state index < -0.39 is 28.4 Å². The number of nitrogens with zero attached hydrogens (tertiary/aromatic N) is 3. The van der Waals surface area contributed by atoms with Crippen LogP contribution in [0.25, 0.3) is 27.5 Å². The molecule has 174 valence electrons. The second-order valence-electron chi connectivity index (χ2n) is 10.2. The lowest BCUT2D eigenvalue weighted by atomic mass is 9.59. The zero-order valence-corrected chi connectivity index (χ0v) is 19.1. The first-order chi connectivity index (χ1) is 16.1. The molecule has 1 saturated carbocycles. The van der Waals surface area contributed by atoms with Crippen molar-refractivity contribution in [3.8, 4) is 11.8 Å². The van der Waals surface area contributed by atoms with Crippen LogP contribution < -0.4 is 0 Å². The summed E-state index contributed by atoms with van der Waals surface area (Å²) >= 11 is 0. The van der Waals surface area contributed by atoms with Crippen LogP contribution >= 0.6 is 0 Å². The van der Waals surface area contributed by atoms with Gasteiger partial charge in [0.05, 0.1) is 28.7 Å². The van der Waals surface area contributed by atoms with Gasteiger partial charge in [0, 0.05) is 40.1 Å². The van der Waals surface area contributed by atoms with Crippen molar-refractivity contribution >= 4 is 27.8 Å². The minimum atomic E-state index is -0.962. The second-order valence-corrected chi connectivity index (χ2v) is 10.2. The first-order valence-electron chi connectivity index (χ1n) is 11.1. The lowest BCUT2D eigenvalue weighted by molar-refractivity contribution is -0.154. The van der Waals surface area contributed by atoms with Crippen LogP contribution in [0, 0.1) is 28.4 Å². The Bertz CT molecular complexity index is 1500. The maximum atomic E-state index is 14.4. The Kier molecular flexibility index (Phi) is 4.80. The zero-order chi connectivity index (χ0) is 24.4. The molecular weight excluding hydrogens is 438 g/mol. The van der Waals surface area contributed by atoms with Crippen LogP contribution in [0.5, 0.6) is 0 Å². The van der Waals surface area contributed by atoms with E-state index >= 15 is 0 Å². The molecular formula is C26H24F2N4O2. The fraction of sp³-hybridized carbons (Fsp3) is 0.346. The molecule has 5 rings (SSSR count). The van der Waals surface area contributed by atoms with Gasteiger partial charge >= 0.3 is 5.97 Å². The third kappa shape index (κ3) is 3.18. The average Bonchev–Trinajstić information content (AvgIpc) is 3.33. The Hall–Kier alpha value is -3.73. The number of hydrogen-bond acceptors (Lipinski definition) is 3. The largest absolute Gasteiger partial charge is 0.481 e.